The lowest BCUT2D eigenvalue weighted by molar-refractivity contribution is -0.121. The molecule has 18 heavy (non-hydrogen) atoms. The Hall–Kier alpha value is -1.36. The van der Waals surface area contributed by atoms with Crippen molar-refractivity contribution in [3.8, 4) is 0 Å². The minimum atomic E-state index is -0.497. The largest absolute Gasteiger partial charge is 0.391 e. The molecular weight excluding hydrogens is 232 g/mol. The fraction of sp³-hybridized carbons (Fsp3) is 0.692. The Balaban J connectivity index is 2.43. The number of aryl methyl sites for hydroxylation is 2. The highest BCUT2D eigenvalue weighted by Crippen LogP contribution is 2.12. The predicted octanol–water partition coefficient (Wildman–Crippen LogP) is 1.36. The van der Waals surface area contributed by atoms with Crippen LogP contribution in [0, 0.1) is 19.8 Å². The van der Waals surface area contributed by atoms with Crippen molar-refractivity contribution in [1.29, 1.82) is 0 Å². The monoisotopic (exact) mass is 254 g/mol. The number of nitrogens with zero attached hydrogens (tertiary/aromatic N) is 1. The van der Waals surface area contributed by atoms with E-state index < -0.39 is 6.10 Å². The van der Waals surface area contributed by atoms with Crippen LogP contribution in [0.2, 0.25) is 0 Å². The zero-order valence-corrected chi connectivity index (χ0v) is 11.5. The van der Waals surface area contributed by atoms with Crippen molar-refractivity contribution in [2.75, 3.05) is 6.54 Å². The standard InChI is InChI=1S/C13H22N2O3/c1-5-8(2)12(16)7-14-13(17)6-11-9(3)15-18-10(11)4/h8,12,16H,5-7H2,1-4H3,(H,14,17). The SMILES string of the molecule is CCC(C)C(O)CNC(=O)Cc1c(C)noc1C. The van der Waals surface area contributed by atoms with Crippen molar-refractivity contribution in [3.05, 3.63) is 17.0 Å². The van der Waals surface area contributed by atoms with Crippen LogP contribution in [0.3, 0.4) is 0 Å². The fourth-order valence-electron chi connectivity index (χ4n) is 1.67. The summed E-state index contributed by atoms with van der Waals surface area (Å²) >= 11 is 0. The normalized spacial score (nSPS) is 14.3. The number of carbonyl (C=O) groups excluding carboxylic acids is 1. The van der Waals surface area contributed by atoms with Crippen LogP contribution in [-0.4, -0.2) is 28.8 Å². The predicted molar refractivity (Wildman–Crippen MR) is 68.2 cm³/mol. The second kappa shape index (κ2) is 6.54. The summed E-state index contributed by atoms with van der Waals surface area (Å²) in [4.78, 5) is 11.7. The van der Waals surface area contributed by atoms with Crippen molar-refractivity contribution in [3.63, 3.8) is 0 Å². The molecule has 1 heterocycles. The zero-order valence-electron chi connectivity index (χ0n) is 11.5. The molecule has 5 heteroatoms. The molecule has 0 fully saturated rings. The molecule has 0 radical (unpaired) electrons. The van der Waals surface area contributed by atoms with Gasteiger partial charge in [0.1, 0.15) is 5.76 Å². The van der Waals surface area contributed by atoms with Gasteiger partial charge in [-0.3, -0.25) is 4.79 Å². The molecule has 2 atom stereocenters. The van der Waals surface area contributed by atoms with Gasteiger partial charge in [0.25, 0.3) is 0 Å². The summed E-state index contributed by atoms with van der Waals surface area (Å²) in [6.45, 7) is 7.87. The van der Waals surface area contributed by atoms with Gasteiger partial charge in [-0.15, -0.1) is 0 Å². The minimum absolute atomic E-state index is 0.119. The summed E-state index contributed by atoms with van der Waals surface area (Å²) in [5.41, 5.74) is 1.57. The summed E-state index contributed by atoms with van der Waals surface area (Å²) in [5, 5.41) is 16.3. The van der Waals surface area contributed by atoms with E-state index in [1.165, 1.54) is 0 Å². The van der Waals surface area contributed by atoms with Crippen molar-refractivity contribution >= 4 is 5.91 Å². The summed E-state index contributed by atoms with van der Waals surface area (Å²) in [6.07, 6.45) is 0.638. The molecular formula is C13H22N2O3. The molecule has 1 aromatic rings. The molecule has 0 saturated heterocycles. The average Bonchev–Trinajstić information content (AvgIpc) is 2.66. The van der Waals surface area contributed by atoms with Crippen LogP contribution >= 0.6 is 0 Å². The van der Waals surface area contributed by atoms with Gasteiger partial charge in [-0.2, -0.15) is 0 Å². The average molecular weight is 254 g/mol. The third kappa shape index (κ3) is 3.84. The van der Waals surface area contributed by atoms with Crippen molar-refractivity contribution in [1.82, 2.24) is 10.5 Å². The molecule has 1 aromatic heterocycles. The van der Waals surface area contributed by atoms with Crippen LogP contribution in [0.15, 0.2) is 4.52 Å². The first-order valence-electron chi connectivity index (χ1n) is 6.32. The van der Waals surface area contributed by atoms with E-state index >= 15 is 0 Å². The molecule has 1 amide bonds. The van der Waals surface area contributed by atoms with E-state index in [2.05, 4.69) is 10.5 Å². The highest BCUT2D eigenvalue weighted by atomic mass is 16.5. The highest BCUT2D eigenvalue weighted by molar-refractivity contribution is 5.79. The smallest absolute Gasteiger partial charge is 0.224 e. The van der Waals surface area contributed by atoms with Crippen LogP contribution in [0.4, 0.5) is 0 Å². The second-order valence-corrected chi connectivity index (χ2v) is 4.74. The maximum atomic E-state index is 11.7. The summed E-state index contributed by atoms with van der Waals surface area (Å²) in [7, 11) is 0. The van der Waals surface area contributed by atoms with Gasteiger partial charge in [0, 0.05) is 12.1 Å². The molecule has 0 bridgehead atoms. The van der Waals surface area contributed by atoms with E-state index in [0.717, 1.165) is 17.7 Å². The van der Waals surface area contributed by atoms with E-state index in [-0.39, 0.29) is 24.8 Å². The van der Waals surface area contributed by atoms with Gasteiger partial charge >= 0.3 is 0 Å². The van der Waals surface area contributed by atoms with E-state index in [1.54, 1.807) is 6.92 Å². The van der Waals surface area contributed by atoms with E-state index in [4.69, 9.17) is 4.52 Å². The summed E-state index contributed by atoms with van der Waals surface area (Å²) < 4.78 is 5.00. The Bertz CT molecular complexity index is 381. The van der Waals surface area contributed by atoms with Gasteiger partial charge in [0.05, 0.1) is 18.2 Å². The van der Waals surface area contributed by atoms with Crippen molar-refractivity contribution in [2.24, 2.45) is 5.92 Å². The summed E-state index contributed by atoms with van der Waals surface area (Å²) in [6, 6.07) is 0. The fourth-order valence-corrected chi connectivity index (χ4v) is 1.67. The van der Waals surface area contributed by atoms with Crippen molar-refractivity contribution in [2.45, 2.75) is 46.6 Å². The van der Waals surface area contributed by atoms with E-state index in [0.29, 0.717) is 5.76 Å². The van der Waals surface area contributed by atoms with Crippen LogP contribution < -0.4 is 5.32 Å². The van der Waals surface area contributed by atoms with Crippen LogP contribution in [0.5, 0.6) is 0 Å². The van der Waals surface area contributed by atoms with Crippen molar-refractivity contribution < 1.29 is 14.4 Å². The number of rotatable bonds is 6. The maximum absolute atomic E-state index is 11.7. The number of aromatic nitrogens is 1. The maximum Gasteiger partial charge on any atom is 0.224 e. The quantitative estimate of drug-likeness (QED) is 0.803. The van der Waals surface area contributed by atoms with E-state index in [1.807, 2.05) is 20.8 Å². The third-order valence-corrected chi connectivity index (χ3v) is 3.33. The summed E-state index contributed by atoms with van der Waals surface area (Å²) in [5.74, 6) is 0.737. The van der Waals surface area contributed by atoms with E-state index in [9.17, 15) is 9.90 Å². The number of nitrogens with one attached hydrogen (secondary N) is 1. The molecule has 0 aliphatic carbocycles. The van der Waals surface area contributed by atoms with Gasteiger partial charge in [-0.05, 0) is 19.8 Å². The zero-order chi connectivity index (χ0) is 13.7. The topological polar surface area (TPSA) is 75.4 Å². The molecule has 5 nitrogen and oxygen atoms in total. The molecule has 0 aliphatic heterocycles. The molecule has 2 unspecified atom stereocenters. The number of aliphatic hydroxyl groups excluding tert-OH is 1. The second-order valence-electron chi connectivity index (χ2n) is 4.74. The first kappa shape index (κ1) is 14.7. The minimum Gasteiger partial charge on any atom is -0.391 e. The Kier molecular flexibility index (Phi) is 5.34. The number of carbonyl (C=O) groups is 1. The molecule has 2 N–H and O–H groups in total. The first-order chi connectivity index (χ1) is 8.45. The Labute approximate surface area is 108 Å². The van der Waals surface area contributed by atoms with Gasteiger partial charge in [0.2, 0.25) is 5.91 Å². The van der Waals surface area contributed by atoms with Gasteiger partial charge < -0.3 is 14.9 Å². The Morgan fingerprint density at radius 3 is 2.67 bits per heavy atom. The third-order valence-electron chi connectivity index (χ3n) is 3.33. The Morgan fingerprint density at radius 2 is 2.17 bits per heavy atom. The number of hydrogen-bond acceptors (Lipinski definition) is 4. The van der Waals surface area contributed by atoms with Crippen LogP contribution in [-0.2, 0) is 11.2 Å². The van der Waals surface area contributed by atoms with Gasteiger partial charge in [-0.25, -0.2) is 0 Å². The lowest BCUT2D eigenvalue weighted by atomic mass is 10.0. The van der Waals surface area contributed by atoms with Gasteiger partial charge in [-0.1, -0.05) is 25.4 Å². The molecule has 0 aliphatic rings. The molecule has 0 spiro atoms. The van der Waals surface area contributed by atoms with Gasteiger partial charge in [0.15, 0.2) is 0 Å². The number of aliphatic hydroxyl groups is 1. The highest BCUT2D eigenvalue weighted by Gasteiger charge is 2.16. The number of amides is 1. The Morgan fingerprint density at radius 1 is 1.50 bits per heavy atom. The molecule has 0 saturated carbocycles. The molecule has 1 rings (SSSR count). The van der Waals surface area contributed by atoms with Crippen LogP contribution in [0.25, 0.3) is 0 Å². The number of hydrogen-bond donors (Lipinski definition) is 2. The lowest BCUT2D eigenvalue weighted by Crippen LogP contribution is -2.36. The lowest BCUT2D eigenvalue weighted by Gasteiger charge is -2.17. The van der Waals surface area contributed by atoms with Crippen LogP contribution in [0.1, 0.15) is 37.3 Å². The first-order valence-corrected chi connectivity index (χ1v) is 6.32. The molecule has 0 aromatic carbocycles. The molecule has 102 valence electrons.